The fourth-order valence-electron chi connectivity index (χ4n) is 2.80. The highest BCUT2D eigenvalue weighted by atomic mass is 32.2. The highest BCUT2D eigenvalue weighted by molar-refractivity contribution is 7.98. The van der Waals surface area contributed by atoms with E-state index in [0.29, 0.717) is 12.1 Å². The van der Waals surface area contributed by atoms with Crippen LogP contribution in [0.5, 0.6) is 0 Å². The van der Waals surface area contributed by atoms with Crippen molar-refractivity contribution in [3.05, 3.63) is 82.3 Å². The molecule has 0 fully saturated rings. The van der Waals surface area contributed by atoms with Gasteiger partial charge in [-0.1, -0.05) is 42.5 Å². The van der Waals surface area contributed by atoms with Crippen LogP contribution in [-0.2, 0) is 5.75 Å². The standard InChI is InChI=1S/C21H23N3OS2/c1-24(2)19(16-8-4-3-5-9-16)12-22-21(25)18-10-6-7-11-20(18)27-14-17-13-26-15-23-17/h3-11,13,15,19H,12,14H2,1-2H3,(H,22,25)/t19-/m1/s1. The summed E-state index contributed by atoms with van der Waals surface area (Å²) in [6.07, 6.45) is 0. The third-order valence-corrected chi connectivity index (χ3v) is 6.00. The fourth-order valence-corrected chi connectivity index (χ4v) is 4.42. The van der Waals surface area contributed by atoms with Crippen LogP contribution in [0.1, 0.15) is 27.7 Å². The van der Waals surface area contributed by atoms with Gasteiger partial charge in [-0.05, 0) is 31.8 Å². The average Bonchev–Trinajstić information content (AvgIpc) is 3.21. The third kappa shape index (κ3) is 5.42. The van der Waals surface area contributed by atoms with Crippen LogP contribution in [-0.4, -0.2) is 36.4 Å². The first-order valence-electron chi connectivity index (χ1n) is 8.73. The van der Waals surface area contributed by atoms with Gasteiger partial charge in [0.1, 0.15) is 0 Å². The molecule has 6 heteroatoms. The number of aromatic nitrogens is 1. The highest BCUT2D eigenvalue weighted by Gasteiger charge is 2.17. The molecule has 0 aliphatic heterocycles. The van der Waals surface area contributed by atoms with E-state index in [2.05, 4.69) is 27.3 Å². The van der Waals surface area contributed by atoms with Gasteiger partial charge in [0.25, 0.3) is 5.91 Å². The van der Waals surface area contributed by atoms with Crippen molar-refractivity contribution >= 4 is 29.0 Å². The lowest BCUT2D eigenvalue weighted by atomic mass is 10.1. The summed E-state index contributed by atoms with van der Waals surface area (Å²) in [5, 5.41) is 5.14. The summed E-state index contributed by atoms with van der Waals surface area (Å²) < 4.78 is 0. The largest absolute Gasteiger partial charge is 0.350 e. The molecule has 3 rings (SSSR count). The van der Waals surface area contributed by atoms with E-state index >= 15 is 0 Å². The van der Waals surface area contributed by atoms with Gasteiger partial charge in [0.2, 0.25) is 0 Å². The maximum atomic E-state index is 12.8. The van der Waals surface area contributed by atoms with E-state index in [-0.39, 0.29) is 11.9 Å². The number of carbonyl (C=O) groups excluding carboxylic acids is 1. The van der Waals surface area contributed by atoms with E-state index in [1.807, 2.05) is 67.5 Å². The van der Waals surface area contributed by atoms with E-state index in [0.717, 1.165) is 16.3 Å². The second-order valence-electron chi connectivity index (χ2n) is 6.36. The topological polar surface area (TPSA) is 45.2 Å². The van der Waals surface area contributed by atoms with Crippen LogP contribution in [0.2, 0.25) is 0 Å². The molecule has 0 radical (unpaired) electrons. The quantitative estimate of drug-likeness (QED) is 0.570. The van der Waals surface area contributed by atoms with Crippen LogP contribution in [0.4, 0.5) is 0 Å². The van der Waals surface area contributed by atoms with Gasteiger partial charge in [-0.25, -0.2) is 4.98 Å². The molecule has 0 saturated heterocycles. The number of hydrogen-bond donors (Lipinski definition) is 1. The van der Waals surface area contributed by atoms with E-state index in [4.69, 9.17) is 0 Å². The number of amides is 1. The van der Waals surface area contributed by atoms with Crippen LogP contribution in [0.25, 0.3) is 0 Å². The zero-order valence-corrected chi connectivity index (χ0v) is 17.1. The minimum absolute atomic E-state index is 0.0424. The second-order valence-corrected chi connectivity index (χ2v) is 8.10. The Morgan fingerprint density at radius 2 is 1.89 bits per heavy atom. The molecule has 1 heterocycles. The maximum absolute atomic E-state index is 12.8. The van der Waals surface area contributed by atoms with Gasteiger partial charge in [-0.15, -0.1) is 23.1 Å². The summed E-state index contributed by atoms with van der Waals surface area (Å²) in [6.45, 7) is 0.556. The molecule has 140 valence electrons. The Morgan fingerprint density at radius 3 is 2.59 bits per heavy atom. The van der Waals surface area contributed by atoms with Crippen LogP contribution in [0, 0.1) is 0 Å². The number of thiazole rings is 1. The summed E-state index contributed by atoms with van der Waals surface area (Å²) in [5.41, 5.74) is 4.77. The van der Waals surface area contributed by atoms with Crippen molar-refractivity contribution in [1.82, 2.24) is 15.2 Å². The van der Waals surface area contributed by atoms with Crippen molar-refractivity contribution in [2.45, 2.75) is 16.7 Å². The summed E-state index contributed by atoms with van der Waals surface area (Å²) in [5.74, 6) is 0.720. The van der Waals surface area contributed by atoms with E-state index in [9.17, 15) is 4.79 Å². The summed E-state index contributed by atoms with van der Waals surface area (Å²) in [6, 6.07) is 18.1. The van der Waals surface area contributed by atoms with Crippen molar-refractivity contribution in [1.29, 1.82) is 0 Å². The molecule has 1 N–H and O–H groups in total. The fraction of sp³-hybridized carbons (Fsp3) is 0.238. The van der Waals surface area contributed by atoms with Crippen molar-refractivity contribution < 1.29 is 4.79 Å². The van der Waals surface area contributed by atoms with Gasteiger partial charge in [0.05, 0.1) is 22.8 Å². The normalized spacial score (nSPS) is 12.1. The molecule has 0 unspecified atom stereocenters. The van der Waals surface area contributed by atoms with Crippen molar-refractivity contribution in [3.63, 3.8) is 0 Å². The molecule has 0 aliphatic carbocycles. The monoisotopic (exact) mass is 397 g/mol. The zero-order chi connectivity index (χ0) is 19.1. The highest BCUT2D eigenvalue weighted by Crippen LogP contribution is 2.26. The minimum atomic E-state index is -0.0424. The Kier molecular flexibility index (Phi) is 7.04. The molecular formula is C21H23N3OS2. The van der Waals surface area contributed by atoms with E-state index in [1.54, 1.807) is 23.1 Å². The third-order valence-electron chi connectivity index (χ3n) is 4.25. The molecule has 1 atom stereocenters. The Bertz CT molecular complexity index is 851. The van der Waals surface area contributed by atoms with Crippen molar-refractivity contribution in [3.8, 4) is 0 Å². The number of likely N-dealkylation sites (N-methyl/N-ethyl adjacent to an activating group) is 1. The Labute approximate surface area is 168 Å². The minimum Gasteiger partial charge on any atom is -0.350 e. The first kappa shape index (κ1) is 19.6. The van der Waals surface area contributed by atoms with Crippen LogP contribution < -0.4 is 5.32 Å². The zero-order valence-electron chi connectivity index (χ0n) is 15.5. The number of carbonyl (C=O) groups is 1. The number of nitrogens with zero attached hydrogens (tertiary/aromatic N) is 2. The molecule has 3 aromatic rings. The van der Waals surface area contributed by atoms with Gasteiger partial charge in [-0.3, -0.25) is 4.79 Å². The molecular weight excluding hydrogens is 374 g/mol. The predicted molar refractivity (Wildman–Crippen MR) is 113 cm³/mol. The van der Waals surface area contributed by atoms with E-state index < -0.39 is 0 Å². The molecule has 0 bridgehead atoms. The first-order chi connectivity index (χ1) is 13.1. The molecule has 1 aromatic heterocycles. The smallest absolute Gasteiger partial charge is 0.252 e. The molecule has 0 spiro atoms. The van der Waals surface area contributed by atoms with Crippen molar-refractivity contribution in [2.24, 2.45) is 0 Å². The Morgan fingerprint density at radius 1 is 1.15 bits per heavy atom. The lowest BCUT2D eigenvalue weighted by molar-refractivity contribution is 0.0939. The second kappa shape index (κ2) is 9.69. The van der Waals surface area contributed by atoms with Crippen LogP contribution >= 0.6 is 23.1 Å². The molecule has 2 aromatic carbocycles. The van der Waals surface area contributed by atoms with E-state index in [1.165, 1.54) is 5.56 Å². The number of nitrogens with one attached hydrogen (secondary N) is 1. The van der Waals surface area contributed by atoms with Gasteiger partial charge >= 0.3 is 0 Å². The Hall–Kier alpha value is -2.15. The molecule has 4 nitrogen and oxygen atoms in total. The summed E-state index contributed by atoms with van der Waals surface area (Å²) in [7, 11) is 4.06. The van der Waals surface area contributed by atoms with Crippen LogP contribution in [0.15, 0.2) is 70.4 Å². The summed E-state index contributed by atoms with van der Waals surface area (Å²) in [4.78, 5) is 20.2. The number of hydrogen-bond acceptors (Lipinski definition) is 5. The maximum Gasteiger partial charge on any atom is 0.252 e. The summed E-state index contributed by atoms with van der Waals surface area (Å²) >= 11 is 3.23. The molecule has 1 amide bonds. The number of benzene rings is 2. The average molecular weight is 398 g/mol. The van der Waals surface area contributed by atoms with Gasteiger partial charge in [0, 0.05) is 22.6 Å². The molecule has 0 aliphatic rings. The van der Waals surface area contributed by atoms with Gasteiger partial charge in [0.15, 0.2) is 0 Å². The molecule has 27 heavy (non-hydrogen) atoms. The SMILES string of the molecule is CN(C)[C@H](CNC(=O)c1ccccc1SCc1cscn1)c1ccccc1. The Balaban J connectivity index is 1.67. The number of thioether (sulfide) groups is 1. The number of rotatable bonds is 8. The van der Waals surface area contributed by atoms with Crippen molar-refractivity contribution in [2.75, 3.05) is 20.6 Å². The predicted octanol–water partition coefficient (Wildman–Crippen LogP) is 4.47. The van der Waals surface area contributed by atoms with Gasteiger partial charge in [-0.2, -0.15) is 0 Å². The molecule has 0 saturated carbocycles. The first-order valence-corrected chi connectivity index (χ1v) is 10.7. The lowest BCUT2D eigenvalue weighted by Gasteiger charge is -2.25. The lowest BCUT2D eigenvalue weighted by Crippen LogP contribution is -2.34. The van der Waals surface area contributed by atoms with Gasteiger partial charge < -0.3 is 10.2 Å². The van der Waals surface area contributed by atoms with Crippen LogP contribution in [0.3, 0.4) is 0 Å².